The van der Waals surface area contributed by atoms with E-state index in [9.17, 15) is 0 Å². The van der Waals surface area contributed by atoms with Gasteiger partial charge in [0.25, 0.3) is 0 Å². The van der Waals surface area contributed by atoms with Crippen LogP contribution in [-0.4, -0.2) is 4.98 Å². The second-order valence-electron chi connectivity index (χ2n) is 4.57. The summed E-state index contributed by atoms with van der Waals surface area (Å²) in [6.07, 6.45) is 1.79. The van der Waals surface area contributed by atoms with E-state index in [0.717, 1.165) is 30.6 Å². The lowest BCUT2D eigenvalue weighted by Gasteiger charge is -2.15. The zero-order valence-corrected chi connectivity index (χ0v) is 13.5. The first kappa shape index (κ1) is 13.8. The maximum Gasteiger partial charge on any atom is 0.0753 e. The molecule has 1 heterocycles. The van der Waals surface area contributed by atoms with Gasteiger partial charge in [-0.25, -0.2) is 0 Å². The van der Waals surface area contributed by atoms with E-state index in [4.69, 9.17) is 17.3 Å². The van der Waals surface area contributed by atoms with Crippen LogP contribution in [0.4, 0.5) is 0 Å². The predicted octanol–water partition coefficient (Wildman–Crippen LogP) is 4.54. The lowest BCUT2D eigenvalue weighted by molar-refractivity contribution is 0.877. The van der Waals surface area contributed by atoms with Gasteiger partial charge in [-0.15, -0.1) is 0 Å². The van der Waals surface area contributed by atoms with Gasteiger partial charge >= 0.3 is 0 Å². The molecule has 100 valence electrons. The molecule has 0 spiro atoms. The number of rotatable bonds is 2. The van der Waals surface area contributed by atoms with Gasteiger partial charge in [0, 0.05) is 15.2 Å². The van der Waals surface area contributed by atoms with E-state index in [1.54, 1.807) is 6.20 Å². The van der Waals surface area contributed by atoms with Gasteiger partial charge in [-0.05, 0) is 51.9 Å². The molecule has 20 heavy (non-hydrogen) atoms. The number of nitrogens with two attached hydrogens (primary N) is 1. The lowest BCUT2D eigenvalue weighted by Crippen LogP contribution is -2.12. The Balaban J connectivity index is 2.12. The maximum absolute atomic E-state index is 6.40. The summed E-state index contributed by atoms with van der Waals surface area (Å²) in [4.78, 5) is 4.45. The minimum absolute atomic E-state index is 0.233. The van der Waals surface area contributed by atoms with Crippen LogP contribution < -0.4 is 5.73 Å². The van der Waals surface area contributed by atoms with Crippen molar-refractivity contribution >= 4 is 45.1 Å². The predicted molar refractivity (Wildman–Crippen MR) is 91.9 cm³/mol. The van der Waals surface area contributed by atoms with Crippen molar-refractivity contribution in [3.8, 4) is 0 Å². The van der Waals surface area contributed by atoms with E-state index in [1.807, 2.05) is 48.5 Å². The molecular weight excluding hydrogens is 383 g/mol. The number of halogens is 2. The van der Waals surface area contributed by atoms with Crippen LogP contribution in [-0.2, 0) is 0 Å². The van der Waals surface area contributed by atoms with Crippen LogP contribution in [0.5, 0.6) is 0 Å². The van der Waals surface area contributed by atoms with E-state index in [0.29, 0.717) is 0 Å². The Hall–Kier alpha value is -1.17. The van der Waals surface area contributed by atoms with Crippen LogP contribution in [0.15, 0.2) is 54.7 Å². The normalized spacial score (nSPS) is 12.6. The summed E-state index contributed by atoms with van der Waals surface area (Å²) in [5.41, 5.74) is 9.35. The molecule has 3 aromatic rings. The number of nitrogens with zero attached hydrogens (tertiary/aromatic N) is 1. The summed E-state index contributed by atoms with van der Waals surface area (Å²) >= 11 is 8.39. The van der Waals surface area contributed by atoms with E-state index in [1.165, 1.54) is 0 Å². The van der Waals surface area contributed by atoms with Crippen LogP contribution in [0, 0.1) is 3.57 Å². The third-order valence-electron chi connectivity index (χ3n) is 3.30. The van der Waals surface area contributed by atoms with Crippen molar-refractivity contribution < 1.29 is 0 Å². The number of para-hydroxylation sites is 1. The van der Waals surface area contributed by atoms with E-state index in [-0.39, 0.29) is 6.04 Å². The molecule has 0 radical (unpaired) electrons. The quantitative estimate of drug-likeness (QED) is 0.648. The lowest BCUT2D eigenvalue weighted by atomic mass is 9.97. The second-order valence-corrected chi connectivity index (χ2v) is 6.14. The standard InChI is InChI=1S/C16H12ClIN2/c17-13-9-11(6-7-14(13)18)15(19)12-5-1-3-10-4-2-8-20-16(10)12/h1-9,15H,19H2. The van der Waals surface area contributed by atoms with Crippen LogP contribution in [0.25, 0.3) is 10.9 Å². The van der Waals surface area contributed by atoms with Gasteiger partial charge in [0.05, 0.1) is 16.6 Å². The minimum Gasteiger partial charge on any atom is -0.320 e. The molecule has 1 unspecified atom stereocenters. The van der Waals surface area contributed by atoms with Gasteiger partial charge in [-0.1, -0.05) is 41.9 Å². The highest BCUT2D eigenvalue weighted by molar-refractivity contribution is 14.1. The largest absolute Gasteiger partial charge is 0.320 e. The first-order chi connectivity index (χ1) is 9.66. The Labute approximate surface area is 136 Å². The Morgan fingerprint density at radius 2 is 1.90 bits per heavy atom. The van der Waals surface area contributed by atoms with Crippen molar-refractivity contribution in [2.45, 2.75) is 6.04 Å². The third kappa shape index (κ3) is 2.53. The number of aromatic nitrogens is 1. The zero-order chi connectivity index (χ0) is 14.1. The SMILES string of the molecule is NC(c1ccc(I)c(Cl)c1)c1cccc2cccnc12. The summed E-state index contributed by atoms with van der Waals surface area (Å²) in [5.74, 6) is 0. The number of pyridine rings is 1. The fraction of sp³-hybridized carbons (Fsp3) is 0.0625. The summed E-state index contributed by atoms with van der Waals surface area (Å²) in [6.45, 7) is 0. The molecule has 0 saturated carbocycles. The van der Waals surface area contributed by atoms with Crippen molar-refractivity contribution in [1.29, 1.82) is 0 Å². The van der Waals surface area contributed by atoms with Crippen molar-refractivity contribution in [2.24, 2.45) is 5.73 Å². The Kier molecular flexibility index (Phi) is 3.92. The highest BCUT2D eigenvalue weighted by Gasteiger charge is 2.13. The van der Waals surface area contributed by atoms with Gasteiger partial charge in [-0.2, -0.15) is 0 Å². The molecule has 2 N–H and O–H groups in total. The summed E-state index contributed by atoms with van der Waals surface area (Å²) < 4.78 is 1.02. The van der Waals surface area contributed by atoms with Crippen molar-refractivity contribution in [2.75, 3.05) is 0 Å². The molecule has 3 rings (SSSR count). The summed E-state index contributed by atoms with van der Waals surface area (Å²) in [5, 5.41) is 1.82. The number of hydrogen-bond donors (Lipinski definition) is 1. The molecule has 1 aromatic heterocycles. The average Bonchev–Trinajstić information content (AvgIpc) is 2.49. The third-order valence-corrected chi connectivity index (χ3v) is 4.87. The first-order valence-electron chi connectivity index (χ1n) is 6.21. The van der Waals surface area contributed by atoms with Gasteiger partial charge in [0.1, 0.15) is 0 Å². The van der Waals surface area contributed by atoms with Gasteiger partial charge < -0.3 is 5.73 Å². The molecular formula is C16H12ClIN2. The minimum atomic E-state index is -0.233. The summed E-state index contributed by atoms with van der Waals surface area (Å²) in [7, 11) is 0. The Morgan fingerprint density at radius 1 is 1.10 bits per heavy atom. The smallest absolute Gasteiger partial charge is 0.0753 e. The molecule has 0 bridgehead atoms. The first-order valence-corrected chi connectivity index (χ1v) is 7.66. The van der Waals surface area contributed by atoms with E-state index >= 15 is 0 Å². The molecule has 0 aliphatic heterocycles. The van der Waals surface area contributed by atoms with Crippen molar-refractivity contribution in [3.05, 3.63) is 74.4 Å². The van der Waals surface area contributed by atoms with Gasteiger partial charge in [0.15, 0.2) is 0 Å². The second kappa shape index (κ2) is 5.68. The molecule has 0 saturated heterocycles. The highest BCUT2D eigenvalue weighted by atomic mass is 127. The van der Waals surface area contributed by atoms with Crippen LogP contribution >= 0.6 is 34.2 Å². The number of benzene rings is 2. The zero-order valence-electron chi connectivity index (χ0n) is 10.6. The molecule has 0 fully saturated rings. The number of hydrogen-bond acceptors (Lipinski definition) is 2. The molecule has 0 amide bonds. The van der Waals surface area contributed by atoms with Gasteiger partial charge in [0.2, 0.25) is 0 Å². The average molecular weight is 395 g/mol. The van der Waals surface area contributed by atoms with E-state index < -0.39 is 0 Å². The molecule has 2 nitrogen and oxygen atoms in total. The monoisotopic (exact) mass is 394 g/mol. The molecule has 4 heteroatoms. The van der Waals surface area contributed by atoms with Crippen molar-refractivity contribution in [3.63, 3.8) is 0 Å². The van der Waals surface area contributed by atoms with Crippen LogP contribution in [0.2, 0.25) is 5.02 Å². The Morgan fingerprint density at radius 3 is 2.70 bits per heavy atom. The molecule has 0 aliphatic carbocycles. The van der Waals surface area contributed by atoms with Crippen molar-refractivity contribution in [1.82, 2.24) is 4.98 Å². The topological polar surface area (TPSA) is 38.9 Å². The van der Waals surface area contributed by atoms with Gasteiger partial charge in [-0.3, -0.25) is 4.98 Å². The maximum atomic E-state index is 6.40. The Bertz CT molecular complexity index is 768. The van der Waals surface area contributed by atoms with Crippen LogP contribution in [0.1, 0.15) is 17.2 Å². The van der Waals surface area contributed by atoms with Crippen LogP contribution in [0.3, 0.4) is 0 Å². The fourth-order valence-corrected chi connectivity index (χ4v) is 2.79. The fourth-order valence-electron chi connectivity index (χ4n) is 2.26. The summed E-state index contributed by atoms with van der Waals surface area (Å²) in [6, 6.07) is 15.7. The molecule has 2 aromatic carbocycles. The highest BCUT2D eigenvalue weighted by Crippen LogP contribution is 2.29. The van der Waals surface area contributed by atoms with E-state index in [2.05, 4.69) is 27.6 Å². The molecule has 0 aliphatic rings. The number of fused-ring (bicyclic) bond motifs is 1. The molecule has 1 atom stereocenters.